The van der Waals surface area contributed by atoms with Gasteiger partial charge >= 0.3 is 0 Å². The van der Waals surface area contributed by atoms with E-state index in [2.05, 4.69) is 15.2 Å². The fourth-order valence-electron chi connectivity index (χ4n) is 4.08. The lowest BCUT2D eigenvalue weighted by atomic mass is 9.98. The van der Waals surface area contributed by atoms with Crippen LogP contribution in [-0.4, -0.2) is 55.6 Å². The highest BCUT2D eigenvalue weighted by Gasteiger charge is 2.32. The molecule has 32 heavy (non-hydrogen) atoms. The summed E-state index contributed by atoms with van der Waals surface area (Å²) in [5.41, 5.74) is 2.70. The molecule has 1 aliphatic heterocycles. The topological polar surface area (TPSA) is 95.1 Å². The molecular weight excluding hydrogens is 408 g/mol. The molecule has 4 heterocycles. The second kappa shape index (κ2) is 7.92. The van der Waals surface area contributed by atoms with E-state index in [1.807, 2.05) is 18.2 Å². The first-order valence-corrected chi connectivity index (χ1v) is 10.3. The molecule has 0 unspecified atom stereocenters. The summed E-state index contributed by atoms with van der Waals surface area (Å²) < 4.78 is 8.49. The van der Waals surface area contributed by atoms with Crippen LogP contribution in [0.3, 0.4) is 0 Å². The summed E-state index contributed by atoms with van der Waals surface area (Å²) in [7, 11) is 3.40. The van der Waals surface area contributed by atoms with Crippen LogP contribution < -0.4 is 10.3 Å². The average Bonchev–Trinajstić information content (AvgIpc) is 3.11. The van der Waals surface area contributed by atoms with E-state index in [9.17, 15) is 9.59 Å². The fourth-order valence-corrected chi connectivity index (χ4v) is 4.08. The van der Waals surface area contributed by atoms with Crippen LogP contribution in [0.4, 0.5) is 0 Å². The van der Waals surface area contributed by atoms with Gasteiger partial charge in [-0.05, 0) is 36.4 Å². The number of amides is 1. The molecular formula is C23H22N6O3. The summed E-state index contributed by atoms with van der Waals surface area (Å²) >= 11 is 0. The molecule has 0 saturated carbocycles. The van der Waals surface area contributed by atoms with Crippen LogP contribution in [0.25, 0.3) is 22.2 Å². The molecule has 1 aromatic carbocycles. The van der Waals surface area contributed by atoms with E-state index < -0.39 is 0 Å². The van der Waals surface area contributed by atoms with Gasteiger partial charge in [-0.1, -0.05) is 0 Å². The van der Waals surface area contributed by atoms with Gasteiger partial charge in [0.2, 0.25) is 5.88 Å². The summed E-state index contributed by atoms with van der Waals surface area (Å²) in [6.45, 7) is 1.62. The molecule has 4 aromatic rings. The van der Waals surface area contributed by atoms with Gasteiger partial charge in [0.1, 0.15) is 0 Å². The molecule has 0 bridgehead atoms. The summed E-state index contributed by atoms with van der Waals surface area (Å²) in [5, 5.41) is 9.77. The highest BCUT2D eigenvalue weighted by atomic mass is 16.5. The average molecular weight is 430 g/mol. The lowest BCUT2D eigenvalue weighted by molar-refractivity contribution is 0.0458. The van der Waals surface area contributed by atoms with Gasteiger partial charge in [0, 0.05) is 55.6 Å². The number of hydrogen-bond acceptors (Lipinski definition) is 6. The molecule has 3 aromatic heterocycles. The molecule has 0 radical (unpaired) electrons. The van der Waals surface area contributed by atoms with E-state index in [-0.39, 0.29) is 17.4 Å². The summed E-state index contributed by atoms with van der Waals surface area (Å²) in [6.07, 6.45) is 3.41. The molecule has 0 spiro atoms. The Balaban J connectivity index is 1.27. The SMILES string of the molecule is COc1c2ccc(C(=O)N3CC(Cn4nc(-c5cccnc5)ccc4=O)C3)cc2nn1C. The van der Waals surface area contributed by atoms with Gasteiger partial charge in [-0.15, -0.1) is 0 Å². The molecule has 0 N–H and O–H groups in total. The van der Waals surface area contributed by atoms with Crippen LogP contribution in [0.15, 0.2) is 59.7 Å². The number of carbonyl (C=O) groups is 1. The van der Waals surface area contributed by atoms with Crippen molar-refractivity contribution >= 4 is 16.8 Å². The number of ether oxygens (including phenoxy) is 1. The van der Waals surface area contributed by atoms with E-state index in [4.69, 9.17) is 4.74 Å². The zero-order valence-electron chi connectivity index (χ0n) is 17.8. The Labute approximate surface area is 183 Å². The van der Waals surface area contributed by atoms with Crippen molar-refractivity contribution in [1.82, 2.24) is 29.4 Å². The zero-order valence-corrected chi connectivity index (χ0v) is 17.8. The maximum Gasteiger partial charge on any atom is 0.266 e. The van der Waals surface area contributed by atoms with E-state index >= 15 is 0 Å². The van der Waals surface area contributed by atoms with Gasteiger partial charge in [0.15, 0.2) is 0 Å². The quantitative estimate of drug-likeness (QED) is 0.480. The first-order valence-electron chi connectivity index (χ1n) is 10.3. The van der Waals surface area contributed by atoms with E-state index in [0.717, 1.165) is 16.5 Å². The number of pyridine rings is 1. The summed E-state index contributed by atoms with van der Waals surface area (Å²) in [5.74, 6) is 0.790. The summed E-state index contributed by atoms with van der Waals surface area (Å²) in [4.78, 5) is 31.1. The molecule has 162 valence electrons. The molecule has 1 fully saturated rings. The van der Waals surface area contributed by atoms with Crippen molar-refractivity contribution in [3.05, 3.63) is 70.8 Å². The normalized spacial score (nSPS) is 13.9. The number of nitrogens with zero attached hydrogens (tertiary/aromatic N) is 6. The molecule has 9 nitrogen and oxygen atoms in total. The van der Waals surface area contributed by atoms with Crippen molar-refractivity contribution in [1.29, 1.82) is 0 Å². The van der Waals surface area contributed by atoms with E-state index in [1.165, 1.54) is 10.7 Å². The third-order valence-corrected chi connectivity index (χ3v) is 5.72. The second-order valence-electron chi connectivity index (χ2n) is 7.92. The lowest BCUT2D eigenvalue weighted by Crippen LogP contribution is -2.52. The van der Waals surface area contributed by atoms with Crippen molar-refractivity contribution in [2.24, 2.45) is 13.0 Å². The molecule has 0 aliphatic carbocycles. The highest BCUT2D eigenvalue weighted by molar-refractivity contribution is 5.99. The molecule has 1 amide bonds. The molecule has 1 saturated heterocycles. The number of aryl methyl sites for hydroxylation is 1. The predicted octanol–water partition coefficient (Wildman–Crippen LogP) is 1.97. The smallest absolute Gasteiger partial charge is 0.266 e. The fraction of sp³-hybridized carbons (Fsp3) is 0.261. The molecule has 9 heteroatoms. The van der Waals surface area contributed by atoms with Crippen molar-refractivity contribution in [2.45, 2.75) is 6.54 Å². The predicted molar refractivity (Wildman–Crippen MR) is 118 cm³/mol. The number of methoxy groups -OCH3 is 1. The van der Waals surface area contributed by atoms with Crippen LogP contribution in [-0.2, 0) is 13.6 Å². The Kier molecular flexibility index (Phi) is 4.93. The Morgan fingerprint density at radius 1 is 1.16 bits per heavy atom. The van der Waals surface area contributed by atoms with Crippen molar-refractivity contribution in [3.63, 3.8) is 0 Å². The van der Waals surface area contributed by atoms with Gasteiger partial charge in [-0.25, -0.2) is 9.36 Å². The Hall–Kier alpha value is -4.01. The van der Waals surface area contributed by atoms with Crippen LogP contribution in [0.1, 0.15) is 10.4 Å². The number of aromatic nitrogens is 5. The minimum atomic E-state index is -0.156. The first-order chi connectivity index (χ1) is 15.5. The van der Waals surface area contributed by atoms with Crippen LogP contribution in [0.5, 0.6) is 5.88 Å². The number of benzene rings is 1. The minimum Gasteiger partial charge on any atom is -0.481 e. The third kappa shape index (κ3) is 3.51. The van der Waals surface area contributed by atoms with Gasteiger partial charge < -0.3 is 9.64 Å². The van der Waals surface area contributed by atoms with Crippen molar-refractivity contribution in [3.8, 4) is 17.1 Å². The Bertz CT molecular complexity index is 1360. The largest absolute Gasteiger partial charge is 0.481 e. The molecule has 1 aliphatic rings. The maximum absolute atomic E-state index is 12.9. The van der Waals surface area contributed by atoms with Gasteiger partial charge in [-0.2, -0.15) is 10.2 Å². The van der Waals surface area contributed by atoms with Crippen molar-refractivity contribution in [2.75, 3.05) is 20.2 Å². The number of likely N-dealkylation sites (tertiary alicyclic amines) is 1. The number of carbonyl (C=O) groups excluding carboxylic acids is 1. The highest BCUT2D eigenvalue weighted by Crippen LogP contribution is 2.27. The van der Waals surface area contributed by atoms with Crippen LogP contribution in [0, 0.1) is 5.92 Å². The van der Waals surface area contributed by atoms with Gasteiger partial charge in [0.25, 0.3) is 11.5 Å². The number of rotatable bonds is 5. The maximum atomic E-state index is 12.9. The van der Waals surface area contributed by atoms with E-state index in [1.54, 1.807) is 54.3 Å². The second-order valence-corrected chi connectivity index (χ2v) is 7.92. The van der Waals surface area contributed by atoms with Crippen LogP contribution in [0.2, 0.25) is 0 Å². The van der Waals surface area contributed by atoms with Gasteiger partial charge in [0.05, 0.1) is 30.3 Å². The first kappa shape index (κ1) is 19.9. The zero-order chi connectivity index (χ0) is 22.2. The molecule has 5 rings (SSSR count). The number of fused-ring (bicyclic) bond motifs is 1. The standard InChI is InChI=1S/C23H22N6O3/c1-27-23(32-2)18-6-5-16(10-20(18)25-27)22(31)28-12-15(13-28)14-29-21(30)8-7-19(26-29)17-4-3-9-24-11-17/h3-11,15H,12-14H2,1-2H3. The van der Waals surface area contributed by atoms with Crippen molar-refractivity contribution < 1.29 is 9.53 Å². The summed E-state index contributed by atoms with van der Waals surface area (Å²) in [6, 6.07) is 12.4. The third-order valence-electron chi connectivity index (χ3n) is 5.72. The molecule has 0 atom stereocenters. The number of hydrogen-bond donors (Lipinski definition) is 0. The lowest BCUT2D eigenvalue weighted by Gasteiger charge is -2.39. The van der Waals surface area contributed by atoms with Gasteiger partial charge in [-0.3, -0.25) is 14.6 Å². The Morgan fingerprint density at radius 3 is 2.75 bits per heavy atom. The minimum absolute atomic E-state index is 0.0443. The van der Waals surface area contributed by atoms with Crippen LogP contribution >= 0.6 is 0 Å². The Morgan fingerprint density at radius 2 is 2.00 bits per heavy atom. The van der Waals surface area contributed by atoms with E-state index in [0.29, 0.717) is 36.8 Å². The monoisotopic (exact) mass is 430 g/mol.